The average Bonchev–Trinajstić information content (AvgIpc) is 2.64. The Labute approximate surface area is 85.5 Å². The van der Waals surface area contributed by atoms with Gasteiger partial charge < -0.3 is 9.47 Å². The largest absolute Gasteiger partial charge is 0.414 e. The third-order valence-electron chi connectivity index (χ3n) is 2.32. The lowest BCUT2D eigenvalue weighted by Crippen LogP contribution is -2.32. The van der Waals surface area contributed by atoms with Gasteiger partial charge in [-0.3, -0.25) is 4.79 Å². The standard InChI is InChI=1S/C9H13F3O3/c1-6(9(10,11)12)15-5-8(13)7-2-3-14-4-7/h6-7H,2-5H2,1H3. The number of carbonyl (C=O) groups is 1. The summed E-state index contributed by atoms with van der Waals surface area (Å²) in [4.78, 5) is 11.3. The van der Waals surface area contributed by atoms with Crippen LogP contribution in [0.1, 0.15) is 13.3 Å². The quantitative estimate of drug-likeness (QED) is 0.729. The van der Waals surface area contributed by atoms with Crippen LogP contribution in [0, 0.1) is 5.92 Å². The summed E-state index contributed by atoms with van der Waals surface area (Å²) in [6.45, 7) is 1.18. The lowest BCUT2D eigenvalue weighted by atomic mass is 10.0. The molecule has 0 aromatic heterocycles. The maximum atomic E-state index is 12.0. The van der Waals surface area contributed by atoms with Gasteiger partial charge in [0, 0.05) is 12.5 Å². The van der Waals surface area contributed by atoms with Crippen molar-refractivity contribution in [2.24, 2.45) is 5.92 Å². The van der Waals surface area contributed by atoms with E-state index in [1.165, 1.54) is 0 Å². The van der Waals surface area contributed by atoms with Crippen LogP contribution >= 0.6 is 0 Å². The minimum Gasteiger partial charge on any atom is -0.381 e. The van der Waals surface area contributed by atoms with E-state index in [1.807, 2.05) is 0 Å². The number of alkyl halides is 3. The molecule has 1 heterocycles. The first-order valence-corrected chi connectivity index (χ1v) is 4.70. The van der Waals surface area contributed by atoms with Gasteiger partial charge in [-0.2, -0.15) is 13.2 Å². The number of ether oxygens (including phenoxy) is 2. The average molecular weight is 226 g/mol. The van der Waals surface area contributed by atoms with Crippen molar-refractivity contribution in [1.29, 1.82) is 0 Å². The van der Waals surface area contributed by atoms with Crippen LogP contribution in [0.5, 0.6) is 0 Å². The fourth-order valence-corrected chi connectivity index (χ4v) is 1.21. The molecule has 1 aliphatic heterocycles. The van der Waals surface area contributed by atoms with Crippen molar-refractivity contribution in [3.8, 4) is 0 Å². The Bertz CT molecular complexity index is 221. The lowest BCUT2D eigenvalue weighted by Gasteiger charge is -2.16. The number of ketones is 1. The molecule has 1 rings (SSSR count). The van der Waals surface area contributed by atoms with Crippen molar-refractivity contribution in [1.82, 2.24) is 0 Å². The Kier molecular flexibility index (Phi) is 4.10. The van der Waals surface area contributed by atoms with Gasteiger partial charge in [-0.15, -0.1) is 0 Å². The lowest BCUT2D eigenvalue weighted by molar-refractivity contribution is -0.213. The van der Waals surface area contributed by atoms with E-state index in [1.54, 1.807) is 0 Å². The molecule has 0 bridgehead atoms. The van der Waals surface area contributed by atoms with Crippen LogP contribution in [0.25, 0.3) is 0 Å². The zero-order valence-corrected chi connectivity index (χ0v) is 8.34. The van der Waals surface area contributed by atoms with E-state index in [9.17, 15) is 18.0 Å². The maximum Gasteiger partial charge on any atom is 0.414 e. The minimum absolute atomic E-state index is 0.294. The van der Waals surface area contributed by atoms with Crippen LogP contribution in [0.3, 0.4) is 0 Å². The molecule has 6 heteroatoms. The molecule has 0 aromatic rings. The third kappa shape index (κ3) is 3.79. The van der Waals surface area contributed by atoms with Crippen LogP contribution in [-0.4, -0.2) is 37.9 Å². The Morgan fingerprint density at radius 2 is 2.27 bits per heavy atom. The molecule has 2 atom stereocenters. The van der Waals surface area contributed by atoms with E-state index < -0.39 is 18.9 Å². The number of hydrogen-bond acceptors (Lipinski definition) is 3. The monoisotopic (exact) mass is 226 g/mol. The molecule has 1 saturated heterocycles. The smallest absolute Gasteiger partial charge is 0.381 e. The molecule has 1 fully saturated rings. The predicted octanol–water partition coefficient (Wildman–Crippen LogP) is 1.56. The Morgan fingerprint density at radius 1 is 1.60 bits per heavy atom. The number of carbonyl (C=O) groups excluding carboxylic acids is 1. The van der Waals surface area contributed by atoms with E-state index in [4.69, 9.17) is 4.74 Å². The van der Waals surface area contributed by atoms with Crippen molar-refractivity contribution in [3.63, 3.8) is 0 Å². The fraction of sp³-hybridized carbons (Fsp3) is 0.889. The summed E-state index contributed by atoms with van der Waals surface area (Å²) in [7, 11) is 0. The van der Waals surface area contributed by atoms with Crippen molar-refractivity contribution in [3.05, 3.63) is 0 Å². The van der Waals surface area contributed by atoms with Gasteiger partial charge in [0.05, 0.1) is 6.61 Å². The molecule has 0 spiro atoms. The molecule has 0 N–H and O–H groups in total. The first-order chi connectivity index (χ1) is 6.91. The number of Topliss-reactive ketones (excluding diaryl/α,β-unsaturated/α-hetero) is 1. The highest BCUT2D eigenvalue weighted by Gasteiger charge is 2.37. The summed E-state index contributed by atoms with van der Waals surface area (Å²) < 4.78 is 45.5. The molecule has 88 valence electrons. The van der Waals surface area contributed by atoms with E-state index >= 15 is 0 Å². The highest BCUT2D eigenvalue weighted by Crippen LogP contribution is 2.22. The van der Waals surface area contributed by atoms with Crippen molar-refractivity contribution in [2.75, 3.05) is 19.8 Å². The summed E-state index contributed by atoms with van der Waals surface area (Å²) in [5.41, 5.74) is 0. The van der Waals surface area contributed by atoms with Crippen molar-refractivity contribution < 1.29 is 27.4 Å². The first kappa shape index (κ1) is 12.4. The van der Waals surface area contributed by atoms with Gasteiger partial charge in [0.1, 0.15) is 6.61 Å². The first-order valence-electron chi connectivity index (χ1n) is 4.70. The zero-order valence-electron chi connectivity index (χ0n) is 8.34. The van der Waals surface area contributed by atoms with Gasteiger partial charge in [0.25, 0.3) is 0 Å². The molecule has 15 heavy (non-hydrogen) atoms. The molecule has 1 aliphatic rings. The van der Waals surface area contributed by atoms with E-state index in [0.29, 0.717) is 19.6 Å². The summed E-state index contributed by atoms with van der Waals surface area (Å²) in [5, 5.41) is 0. The summed E-state index contributed by atoms with van der Waals surface area (Å²) in [6, 6.07) is 0. The minimum atomic E-state index is -4.41. The molecule has 0 aliphatic carbocycles. The van der Waals surface area contributed by atoms with E-state index in [0.717, 1.165) is 6.92 Å². The molecule has 0 radical (unpaired) electrons. The topological polar surface area (TPSA) is 35.5 Å². The Morgan fingerprint density at radius 3 is 2.73 bits per heavy atom. The number of halogens is 3. The van der Waals surface area contributed by atoms with E-state index in [2.05, 4.69) is 4.74 Å². The van der Waals surface area contributed by atoms with Crippen LogP contribution in [-0.2, 0) is 14.3 Å². The van der Waals surface area contributed by atoms with Gasteiger partial charge in [-0.05, 0) is 13.3 Å². The van der Waals surface area contributed by atoms with Crippen LogP contribution in [0.2, 0.25) is 0 Å². The SMILES string of the molecule is CC(OCC(=O)C1CCOC1)C(F)(F)F. The van der Waals surface area contributed by atoms with Gasteiger partial charge in [-0.25, -0.2) is 0 Å². The second-order valence-corrected chi connectivity index (χ2v) is 3.52. The molecule has 0 amide bonds. The molecule has 3 nitrogen and oxygen atoms in total. The van der Waals surface area contributed by atoms with E-state index in [-0.39, 0.29) is 11.7 Å². The van der Waals surface area contributed by atoms with Gasteiger partial charge in [-0.1, -0.05) is 0 Å². The van der Waals surface area contributed by atoms with Gasteiger partial charge in [0.2, 0.25) is 0 Å². The summed E-state index contributed by atoms with van der Waals surface area (Å²) in [5.74, 6) is -0.617. The fourth-order valence-electron chi connectivity index (χ4n) is 1.21. The highest BCUT2D eigenvalue weighted by atomic mass is 19.4. The molecular formula is C9H13F3O3. The van der Waals surface area contributed by atoms with Crippen LogP contribution in [0.4, 0.5) is 13.2 Å². The van der Waals surface area contributed by atoms with Crippen LogP contribution < -0.4 is 0 Å². The highest BCUT2D eigenvalue weighted by molar-refractivity contribution is 5.82. The zero-order chi connectivity index (χ0) is 11.5. The van der Waals surface area contributed by atoms with Crippen molar-refractivity contribution >= 4 is 5.78 Å². The molecular weight excluding hydrogens is 213 g/mol. The summed E-state index contributed by atoms with van der Waals surface area (Å²) >= 11 is 0. The van der Waals surface area contributed by atoms with Gasteiger partial charge in [0.15, 0.2) is 11.9 Å². The number of hydrogen-bond donors (Lipinski definition) is 0. The molecule has 0 saturated carbocycles. The number of rotatable bonds is 4. The third-order valence-corrected chi connectivity index (χ3v) is 2.32. The summed E-state index contributed by atoms with van der Waals surface area (Å²) in [6.07, 6.45) is -5.74. The molecule has 2 unspecified atom stereocenters. The molecule has 0 aromatic carbocycles. The second-order valence-electron chi connectivity index (χ2n) is 3.52. The maximum absolute atomic E-state index is 12.0. The van der Waals surface area contributed by atoms with Crippen molar-refractivity contribution in [2.45, 2.75) is 25.6 Å². The van der Waals surface area contributed by atoms with Crippen LogP contribution in [0.15, 0.2) is 0 Å². The Balaban J connectivity index is 2.27. The normalized spacial score (nSPS) is 24.1. The predicted molar refractivity (Wildman–Crippen MR) is 45.4 cm³/mol. The second kappa shape index (κ2) is 4.94. The Hall–Kier alpha value is -0.620. The van der Waals surface area contributed by atoms with Gasteiger partial charge >= 0.3 is 6.18 Å².